The molecule has 7 heteroatoms. The second-order valence-corrected chi connectivity index (χ2v) is 5.89. The van der Waals surface area contributed by atoms with Crippen molar-refractivity contribution in [2.45, 2.75) is 6.54 Å². The lowest BCUT2D eigenvalue weighted by atomic mass is 10.2. The molecule has 2 aromatic rings. The third-order valence-corrected chi connectivity index (χ3v) is 3.82. The van der Waals surface area contributed by atoms with Crippen LogP contribution in [0.4, 0.5) is 4.39 Å². The highest BCUT2D eigenvalue weighted by Crippen LogP contribution is 2.21. The van der Waals surface area contributed by atoms with Gasteiger partial charge in [0.15, 0.2) is 6.61 Å². The molecule has 0 radical (unpaired) electrons. The quantitative estimate of drug-likeness (QED) is 0.749. The van der Waals surface area contributed by atoms with E-state index in [1.807, 2.05) is 0 Å². The van der Waals surface area contributed by atoms with Crippen LogP contribution in [0.5, 0.6) is 0 Å². The number of nitrogens with zero attached hydrogens (tertiary/aromatic N) is 1. The second kappa shape index (κ2) is 8.13. The molecule has 0 aliphatic carbocycles. The molecular formula is C17H14Cl2FNO3. The minimum absolute atomic E-state index is 0.0742. The van der Waals surface area contributed by atoms with Gasteiger partial charge in [0.2, 0.25) is 0 Å². The SMILES string of the molecule is CN(Cc1ccccc1F)C(=O)COC(=O)c1ccc(Cl)cc1Cl. The molecule has 0 unspecified atom stereocenters. The summed E-state index contributed by atoms with van der Waals surface area (Å²) in [6, 6.07) is 10.5. The summed E-state index contributed by atoms with van der Waals surface area (Å²) in [5.41, 5.74) is 0.492. The Morgan fingerprint density at radius 3 is 2.54 bits per heavy atom. The summed E-state index contributed by atoms with van der Waals surface area (Å²) in [6.45, 7) is -0.395. The van der Waals surface area contributed by atoms with Gasteiger partial charge in [0.1, 0.15) is 5.82 Å². The summed E-state index contributed by atoms with van der Waals surface area (Å²) in [5, 5.41) is 0.525. The molecule has 2 rings (SSSR count). The van der Waals surface area contributed by atoms with E-state index >= 15 is 0 Å². The van der Waals surface area contributed by atoms with Gasteiger partial charge in [0.25, 0.3) is 5.91 Å². The van der Waals surface area contributed by atoms with Crippen LogP contribution >= 0.6 is 23.2 Å². The Morgan fingerprint density at radius 1 is 1.17 bits per heavy atom. The molecule has 0 spiro atoms. The summed E-state index contributed by atoms with van der Waals surface area (Å²) in [4.78, 5) is 25.2. The molecule has 126 valence electrons. The molecule has 24 heavy (non-hydrogen) atoms. The van der Waals surface area contributed by atoms with Gasteiger partial charge < -0.3 is 9.64 Å². The minimum Gasteiger partial charge on any atom is -0.452 e. The smallest absolute Gasteiger partial charge is 0.340 e. The maximum absolute atomic E-state index is 13.6. The molecule has 0 N–H and O–H groups in total. The van der Waals surface area contributed by atoms with Crippen LogP contribution in [0.25, 0.3) is 0 Å². The fraction of sp³-hybridized carbons (Fsp3) is 0.176. The zero-order chi connectivity index (χ0) is 17.7. The first-order chi connectivity index (χ1) is 11.4. The van der Waals surface area contributed by atoms with Crippen molar-refractivity contribution in [2.24, 2.45) is 0 Å². The van der Waals surface area contributed by atoms with E-state index in [0.29, 0.717) is 10.6 Å². The molecule has 0 aliphatic heterocycles. The molecule has 0 aliphatic rings. The van der Waals surface area contributed by atoms with Crippen LogP contribution < -0.4 is 0 Å². The first kappa shape index (κ1) is 18.2. The van der Waals surface area contributed by atoms with Crippen LogP contribution in [0.1, 0.15) is 15.9 Å². The highest BCUT2D eigenvalue weighted by Gasteiger charge is 2.17. The number of hydrogen-bond acceptors (Lipinski definition) is 3. The first-order valence-electron chi connectivity index (χ1n) is 6.98. The first-order valence-corrected chi connectivity index (χ1v) is 7.73. The Bertz CT molecular complexity index is 767. The van der Waals surface area contributed by atoms with Crippen molar-refractivity contribution in [1.29, 1.82) is 0 Å². The third-order valence-electron chi connectivity index (χ3n) is 3.27. The molecule has 0 saturated heterocycles. The van der Waals surface area contributed by atoms with E-state index in [1.54, 1.807) is 18.2 Å². The number of rotatable bonds is 5. The predicted octanol–water partition coefficient (Wildman–Crippen LogP) is 3.95. The monoisotopic (exact) mass is 369 g/mol. The van der Waals surface area contributed by atoms with Crippen molar-refractivity contribution in [1.82, 2.24) is 4.90 Å². The van der Waals surface area contributed by atoms with E-state index in [1.165, 1.54) is 36.2 Å². The fourth-order valence-corrected chi connectivity index (χ4v) is 2.43. The van der Waals surface area contributed by atoms with Crippen LogP contribution in [-0.4, -0.2) is 30.4 Å². The number of esters is 1. The van der Waals surface area contributed by atoms with Gasteiger partial charge in [0.05, 0.1) is 10.6 Å². The van der Waals surface area contributed by atoms with E-state index in [0.717, 1.165) is 0 Å². The number of hydrogen-bond donors (Lipinski definition) is 0. The number of carbonyl (C=O) groups excluding carboxylic acids is 2. The summed E-state index contributed by atoms with van der Waals surface area (Å²) in [5.74, 6) is -1.59. The van der Waals surface area contributed by atoms with E-state index in [2.05, 4.69) is 0 Å². The number of amides is 1. The lowest BCUT2D eigenvalue weighted by Crippen LogP contribution is -2.31. The number of benzene rings is 2. The maximum Gasteiger partial charge on any atom is 0.340 e. The number of halogens is 3. The Labute approximate surface area is 148 Å². The summed E-state index contributed by atoms with van der Waals surface area (Å²) in [7, 11) is 1.50. The Morgan fingerprint density at radius 2 is 1.88 bits per heavy atom. The molecule has 0 heterocycles. The standard InChI is InChI=1S/C17H14Cl2FNO3/c1-21(9-11-4-2-3-5-15(11)20)16(22)10-24-17(23)13-7-6-12(18)8-14(13)19/h2-8H,9-10H2,1H3. The average molecular weight is 370 g/mol. The van der Waals surface area contributed by atoms with Gasteiger partial charge >= 0.3 is 5.97 Å². The normalized spacial score (nSPS) is 10.3. The van der Waals surface area contributed by atoms with Crippen molar-refractivity contribution in [3.05, 3.63) is 69.5 Å². The molecule has 0 saturated carbocycles. The zero-order valence-electron chi connectivity index (χ0n) is 12.8. The van der Waals surface area contributed by atoms with Crippen LogP contribution in [0.15, 0.2) is 42.5 Å². The molecule has 0 atom stereocenters. The van der Waals surface area contributed by atoms with Crippen LogP contribution in [0, 0.1) is 5.82 Å². The van der Waals surface area contributed by atoms with Crippen molar-refractivity contribution < 1.29 is 18.7 Å². The highest BCUT2D eigenvalue weighted by molar-refractivity contribution is 6.36. The van der Waals surface area contributed by atoms with Gasteiger partial charge in [-0.3, -0.25) is 4.79 Å². The van der Waals surface area contributed by atoms with Crippen LogP contribution in [0.2, 0.25) is 10.0 Å². The van der Waals surface area contributed by atoms with Crippen molar-refractivity contribution >= 4 is 35.1 Å². The van der Waals surface area contributed by atoms with Crippen LogP contribution in [-0.2, 0) is 16.1 Å². The lowest BCUT2D eigenvalue weighted by molar-refractivity contribution is -0.133. The van der Waals surface area contributed by atoms with E-state index in [9.17, 15) is 14.0 Å². The number of ether oxygens (including phenoxy) is 1. The van der Waals surface area contributed by atoms with E-state index < -0.39 is 24.3 Å². The molecule has 0 fully saturated rings. The second-order valence-electron chi connectivity index (χ2n) is 5.04. The number of carbonyl (C=O) groups is 2. The Hall–Kier alpha value is -2.11. The third kappa shape index (κ3) is 4.69. The van der Waals surface area contributed by atoms with Gasteiger partial charge in [0, 0.05) is 24.2 Å². The number of likely N-dealkylation sites (N-methyl/N-ethyl adjacent to an activating group) is 1. The topological polar surface area (TPSA) is 46.6 Å². The van der Waals surface area contributed by atoms with Crippen molar-refractivity contribution in [3.63, 3.8) is 0 Å². The highest BCUT2D eigenvalue weighted by atomic mass is 35.5. The largest absolute Gasteiger partial charge is 0.452 e. The molecule has 0 bridgehead atoms. The van der Waals surface area contributed by atoms with E-state index in [4.69, 9.17) is 27.9 Å². The van der Waals surface area contributed by atoms with Gasteiger partial charge in [-0.05, 0) is 24.3 Å². The summed E-state index contributed by atoms with van der Waals surface area (Å²) >= 11 is 11.7. The minimum atomic E-state index is -0.732. The molecule has 2 aromatic carbocycles. The van der Waals surface area contributed by atoms with Crippen molar-refractivity contribution in [2.75, 3.05) is 13.7 Å². The average Bonchev–Trinajstić information content (AvgIpc) is 2.54. The zero-order valence-corrected chi connectivity index (χ0v) is 14.3. The van der Waals surface area contributed by atoms with Gasteiger partial charge in [-0.25, -0.2) is 9.18 Å². The Kier molecular flexibility index (Phi) is 6.17. The molecule has 1 amide bonds. The van der Waals surface area contributed by atoms with Gasteiger partial charge in [-0.15, -0.1) is 0 Å². The fourth-order valence-electron chi connectivity index (χ4n) is 1.94. The van der Waals surface area contributed by atoms with E-state index in [-0.39, 0.29) is 17.1 Å². The molecular weight excluding hydrogens is 356 g/mol. The van der Waals surface area contributed by atoms with Gasteiger partial charge in [-0.2, -0.15) is 0 Å². The van der Waals surface area contributed by atoms with Crippen molar-refractivity contribution in [3.8, 4) is 0 Å². The van der Waals surface area contributed by atoms with Crippen LogP contribution in [0.3, 0.4) is 0 Å². The predicted molar refractivity (Wildman–Crippen MR) is 89.6 cm³/mol. The van der Waals surface area contributed by atoms with Gasteiger partial charge in [-0.1, -0.05) is 41.4 Å². The summed E-state index contributed by atoms with van der Waals surface area (Å²) < 4.78 is 18.5. The molecule has 0 aromatic heterocycles. The Balaban J connectivity index is 1.92. The molecule has 4 nitrogen and oxygen atoms in total. The summed E-state index contributed by atoms with van der Waals surface area (Å²) in [6.07, 6.45) is 0. The maximum atomic E-state index is 13.6. The lowest BCUT2D eigenvalue weighted by Gasteiger charge is -2.17.